The second-order valence-corrected chi connectivity index (χ2v) is 6.89. The van der Waals surface area contributed by atoms with Crippen molar-refractivity contribution in [2.75, 3.05) is 26.3 Å². The summed E-state index contributed by atoms with van der Waals surface area (Å²) in [7, 11) is 0. The number of ether oxygens (including phenoxy) is 3. The molecule has 1 aliphatic heterocycles. The zero-order valence-electron chi connectivity index (χ0n) is 17.4. The first-order valence-corrected chi connectivity index (χ1v) is 10.3. The summed E-state index contributed by atoms with van der Waals surface area (Å²) < 4.78 is 17.2. The van der Waals surface area contributed by atoms with Crippen LogP contribution in [0, 0.1) is 0 Å². The van der Waals surface area contributed by atoms with Gasteiger partial charge in [0.25, 0.3) is 5.91 Å². The zero-order valence-corrected chi connectivity index (χ0v) is 17.4. The molecule has 0 spiro atoms. The number of rotatable bonds is 8. The van der Waals surface area contributed by atoms with E-state index < -0.39 is 0 Å². The Morgan fingerprint density at radius 3 is 2.52 bits per heavy atom. The van der Waals surface area contributed by atoms with Crippen molar-refractivity contribution >= 4 is 5.91 Å². The lowest BCUT2D eigenvalue weighted by Crippen LogP contribution is -2.44. The minimum Gasteiger partial charge on any atom is -0.490 e. The highest BCUT2D eigenvalue weighted by molar-refractivity contribution is 5.95. The van der Waals surface area contributed by atoms with E-state index in [1.807, 2.05) is 18.7 Å². The normalized spacial score (nSPS) is 16.4. The number of carbonyl (C=O) groups is 1. The van der Waals surface area contributed by atoms with Gasteiger partial charge in [0.15, 0.2) is 11.5 Å². The van der Waals surface area contributed by atoms with Gasteiger partial charge < -0.3 is 19.1 Å². The number of hydrogen-bond donors (Lipinski definition) is 0. The van der Waals surface area contributed by atoms with Crippen molar-refractivity contribution in [3.05, 3.63) is 41.7 Å². The fraction of sp³-hybridized carbons (Fsp3) is 0.500. The van der Waals surface area contributed by atoms with Crippen molar-refractivity contribution < 1.29 is 19.0 Å². The van der Waals surface area contributed by atoms with Gasteiger partial charge in [0.05, 0.1) is 19.8 Å². The number of benzene rings is 1. The maximum atomic E-state index is 13.0. The highest BCUT2D eigenvalue weighted by atomic mass is 16.5. The lowest BCUT2D eigenvalue weighted by molar-refractivity contribution is 0.0515. The van der Waals surface area contributed by atoms with Crippen LogP contribution in [0.1, 0.15) is 49.5 Å². The molecule has 1 amide bonds. The van der Waals surface area contributed by atoms with E-state index in [4.69, 9.17) is 14.2 Å². The first-order valence-electron chi connectivity index (χ1n) is 10.3. The number of carbonyl (C=O) groups excluding carboxylic acids is 1. The van der Waals surface area contributed by atoms with E-state index in [1.165, 1.54) is 0 Å². The number of aromatic nitrogens is 2. The van der Waals surface area contributed by atoms with Crippen LogP contribution in [0.4, 0.5) is 0 Å². The molecule has 1 fully saturated rings. The maximum Gasteiger partial charge on any atom is 0.316 e. The number of hydrogen-bond acceptors (Lipinski definition) is 6. The van der Waals surface area contributed by atoms with Gasteiger partial charge in [0, 0.05) is 24.5 Å². The van der Waals surface area contributed by atoms with Crippen LogP contribution in [0.15, 0.2) is 30.6 Å². The molecule has 3 rings (SSSR count). The molecule has 0 saturated carbocycles. The summed E-state index contributed by atoms with van der Waals surface area (Å²) in [6.45, 7) is 8.14. The molecule has 156 valence electrons. The molecule has 1 aromatic carbocycles. The van der Waals surface area contributed by atoms with Crippen LogP contribution in [0.3, 0.4) is 0 Å². The van der Waals surface area contributed by atoms with Crippen LogP contribution in [0.5, 0.6) is 17.5 Å². The van der Waals surface area contributed by atoms with Crippen molar-refractivity contribution in [1.29, 1.82) is 0 Å². The number of aryl methyl sites for hydroxylation is 1. The maximum absolute atomic E-state index is 13.0. The molecule has 2 heterocycles. The fourth-order valence-corrected chi connectivity index (χ4v) is 3.32. The largest absolute Gasteiger partial charge is 0.490 e. The van der Waals surface area contributed by atoms with E-state index in [1.54, 1.807) is 30.6 Å². The lowest BCUT2D eigenvalue weighted by Gasteiger charge is -2.32. The average Bonchev–Trinajstić information content (AvgIpc) is 2.75. The quantitative estimate of drug-likeness (QED) is 0.676. The molecule has 2 aromatic rings. The van der Waals surface area contributed by atoms with Crippen molar-refractivity contribution in [3.63, 3.8) is 0 Å². The van der Waals surface area contributed by atoms with E-state index in [0.717, 1.165) is 24.8 Å². The molecule has 1 aliphatic rings. The molecule has 7 nitrogen and oxygen atoms in total. The summed E-state index contributed by atoms with van der Waals surface area (Å²) in [5, 5.41) is 0. The molecule has 0 radical (unpaired) electrons. The Morgan fingerprint density at radius 1 is 1.10 bits per heavy atom. The van der Waals surface area contributed by atoms with Crippen LogP contribution >= 0.6 is 0 Å². The van der Waals surface area contributed by atoms with Gasteiger partial charge in [-0.2, -0.15) is 0 Å². The summed E-state index contributed by atoms with van der Waals surface area (Å²) in [6, 6.07) is 5.70. The minimum atomic E-state index is -0.116. The van der Waals surface area contributed by atoms with Crippen molar-refractivity contribution in [3.8, 4) is 17.5 Å². The summed E-state index contributed by atoms with van der Waals surface area (Å²) in [4.78, 5) is 23.4. The molecule has 0 N–H and O–H groups in total. The Labute approximate surface area is 172 Å². The van der Waals surface area contributed by atoms with E-state index in [2.05, 4.69) is 16.9 Å². The van der Waals surface area contributed by atoms with Gasteiger partial charge in [0.1, 0.15) is 6.10 Å². The molecule has 7 heteroatoms. The third-order valence-electron chi connectivity index (χ3n) is 4.82. The molecular weight excluding hydrogens is 370 g/mol. The third-order valence-corrected chi connectivity index (χ3v) is 4.82. The van der Waals surface area contributed by atoms with E-state index in [9.17, 15) is 4.79 Å². The van der Waals surface area contributed by atoms with Gasteiger partial charge in [-0.05, 0) is 56.9 Å². The molecule has 1 atom stereocenters. The Morgan fingerprint density at radius 2 is 1.83 bits per heavy atom. The van der Waals surface area contributed by atoms with Gasteiger partial charge in [0.2, 0.25) is 0 Å². The van der Waals surface area contributed by atoms with Crippen LogP contribution in [-0.2, 0) is 6.42 Å². The summed E-state index contributed by atoms with van der Waals surface area (Å²) in [5.41, 5.74) is 1.65. The summed E-state index contributed by atoms with van der Waals surface area (Å²) in [5.74, 6) is 1.21. The number of nitrogens with zero attached hydrogens (tertiary/aromatic N) is 3. The number of likely N-dealkylation sites (tertiary alicyclic amines) is 1. The number of amides is 1. The molecular formula is C22H29N3O4. The summed E-state index contributed by atoms with van der Waals surface area (Å²) in [6.07, 6.45) is 6.08. The Balaban J connectivity index is 1.67. The van der Waals surface area contributed by atoms with Crippen molar-refractivity contribution in [1.82, 2.24) is 14.9 Å². The molecule has 1 unspecified atom stereocenters. The highest BCUT2D eigenvalue weighted by Gasteiger charge is 2.27. The Kier molecular flexibility index (Phi) is 7.27. The molecule has 1 saturated heterocycles. The van der Waals surface area contributed by atoms with E-state index in [-0.39, 0.29) is 12.0 Å². The Bertz CT molecular complexity index is 810. The van der Waals surface area contributed by atoms with Gasteiger partial charge in [-0.25, -0.2) is 9.97 Å². The van der Waals surface area contributed by atoms with Crippen LogP contribution < -0.4 is 14.2 Å². The van der Waals surface area contributed by atoms with Crippen molar-refractivity contribution in [2.45, 2.75) is 46.1 Å². The molecule has 0 aliphatic carbocycles. The predicted octanol–water partition coefficient (Wildman–Crippen LogP) is 3.52. The SMILES string of the molecule is CCOc1ccc(C(=O)N2CCCC(Oc3ncc(CC)cn3)C2)cc1OCC. The third kappa shape index (κ3) is 5.37. The average molecular weight is 399 g/mol. The van der Waals surface area contributed by atoms with Gasteiger partial charge in [-0.1, -0.05) is 6.92 Å². The highest BCUT2D eigenvalue weighted by Crippen LogP contribution is 2.29. The topological polar surface area (TPSA) is 73.8 Å². The molecule has 29 heavy (non-hydrogen) atoms. The molecule has 0 bridgehead atoms. The second kappa shape index (κ2) is 10.1. The lowest BCUT2D eigenvalue weighted by atomic mass is 10.1. The van der Waals surface area contributed by atoms with Crippen LogP contribution in [0.25, 0.3) is 0 Å². The standard InChI is InChI=1S/C22H29N3O4/c1-4-16-13-23-22(24-14-16)29-18-8-7-11-25(15-18)21(26)17-9-10-19(27-5-2)20(12-17)28-6-3/h9-10,12-14,18H,4-8,11,15H2,1-3H3. The minimum absolute atomic E-state index is 0.0375. The van der Waals surface area contributed by atoms with Crippen LogP contribution in [0.2, 0.25) is 0 Å². The van der Waals surface area contributed by atoms with Gasteiger partial charge in [-0.3, -0.25) is 4.79 Å². The van der Waals surface area contributed by atoms with Crippen molar-refractivity contribution in [2.24, 2.45) is 0 Å². The predicted molar refractivity (Wildman–Crippen MR) is 110 cm³/mol. The Hall–Kier alpha value is -2.83. The second-order valence-electron chi connectivity index (χ2n) is 6.89. The van der Waals surface area contributed by atoms with Crippen LogP contribution in [-0.4, -0.2) is 53.2 Å². The first-order chi connectivity index (χ1) is 14.1. The number of piperidine rings is 1. The van der Waals surface area contributed by atoms with Gasteiger partial charge >= 0.3 is 6.01 Å². The van der Waals surface area contributed by atoms with Gasteiger partial charge in [-0.15, -0.1) is 0 Å². The smallest absolute Gasteiger partial charge is 0.316 e. The monoisotopic (exact) mass is 399 g/mol. The fourth-order valence-electron chi connectivity index (χ4n) is 3.32. The van der Waals surface area contributed by atoms with E-state index in [0.29, 0.717) is 49.4 Å². The van der Waals surface area contributed by atoms with E-state index >= 15 is 0 Å². The first kappa shape index (κ1) is 20.9. The molecule has 1 aromatic heterocycles. The summed E-state index contributed by atoms with van der Waals surface area (Å²) >= 11 is 0. The zero-order chi connectivity index (χ0) is 20.6.